The molecule has 2 amide bonds. The zero-order chi connectivity index (χ0) is 14.9. The number of aryl methyl sites for hydroxylation is 2. The van der Waals surface area contributed by atoms with Crippen LogP contribution >= 0.6 is 0 Å². The molecule has 3 nitrogen and oxygen atoms in total. The fourth-order valence-corrected chi connectivity index (χ4v) is 2.14. The first kappa shape index (κ1) is 15.1. The highest BCUT2D eigenvalue weighted by Gasteiger charge is 2.01. The average Bonchev–Trinajstić information content (AvgIpc) is 2.53. The van der Waals surface area contributed by atoms with Crippen molar-refractivity contribution in [1.29, 1.82) is 0 Å². The van der Waals surface area contributed by atoms with Gasteiger partial charge >= 0.3 is 6.03 Å². The summed E-state index contributed by atoms with van der Waals surface area (Å²) >= 11 is 0. The van der Waals surface area contributed by atoms with E-state index >= 15 is 0 Å². The quantitative estimate of drug-likeness (QED) is 0.772. The lowest BCUT2D eigenvalue weighted by Gasteiger charge is -2.08. The minimum absolute atomic E-state index is 0.146. The molecule has 21 heavy (non-hydrogen) atoms. The first-order valence-electron chi connectivity index (χ1n) is 7.45. The second kappa shape index (κ2) is 8.10. The highest BCUT2D eigenvalue weighted by molar-refractivity contribution is 5.89. The third-order valence-corrected chi connectivity index (χ3v) is 3.39. The van der Waals surface area contributed by atoms with Crippen LogP contribution in [0.4, 0.5) is 10.5 Å². The topological polar surface area (TPSA) is 41.1 Å². The summed E-state index contributed by atoms with van der Waals surface area (Å²) in [7, 11) is 0. The van der Waals surface area contributed by atoms with Crippen molar-refractivity contribution in [1.82, 2.24) is 5.32 Å². The number of hydrogen-bond acceptors (Lipinski definition) is 1. The summed E-state index contributed by atoms with van der Waals surface area (Å²) in [5, 5.41) is 5.72. The number of carbonyl (C=O) groups is 1. The number of nitrogens with one attached hydrogen (secondary N) is 2. The van der Waals surface area contributed by atoms with Gasteiger partial charge in [0.2, 0.25) is 0 Å². The van der Waals surface area contributed by atoms with Crippen LogP contribution < -0.4 is 10.6 Å². The lowest BCUT2D eigenvalue weighted by atomic mass is 10.1. The summed E-state index contributed by atoms with van der Waals surface area (Å²) in [6.45, 7) is 2.79. The van der Waals surface area contributed by atoms with Crippen LogP contribution in [-0.2, 0) is 12.8 Å². The number of amides is 2. The van der Waals surface area contributed by atoms with Gasteiger partial charge in [0, 0.05) is 12.2 Å². The number of hydrogen-bond donors (Lipinski definition) is 2. The number of benzene rings is 2. The first-order chi connectivity index (χ1) is 10.3. The standard InChI is InChI=1S/C18H22N2O/c1-2-15-10-12-17(13-11-15)20-18(21)19-14-6-9-16-7-4-3-5-8-16/h3-5,7-8,10-13H,2,6,9,14H2,1H3,(H2,19,20,21). The van der Waals surface area contributed by atoms with Gasteiger partial charge in [0.15, 0.2) is 0 Å². The van der Waals surface area contributed by atoms with E-state index < -0.39 is 0 Å². The SMILES string of the molecule is CCc1ccc(NC(=O)NCCCc2ccccc2)cc1. The van der Waals surface area contributed by atoms with E-state index in [0.29, 0.717) is 6.54 Å². The zero-order valence-electron chi connectivity index (χ0n) is 12.4. The Labute approximate surface area is 126 Å². The number of urea groups is 1. The van der Waals surface area contributed by atoms with Gasteiger partial charge < -0.3 is 10.6 Å². The highest BCUT2D eigenvalue weighted by atomic mass is 16.2. The van der Waals surface area contributed by atoms with Gasteiger partial charge in [0.05, 0.1) is 0 Å². The average molecular weight is 282 g/mol. The second-order valence-corrected chi connectivity index (χ2v) is 5.02. The van der Waals surface area contributed by atoms with Crippen molar-refractivity contribution in [3.05, 3.63) is 65.7 Å². The summed E-state index contributed by atoms with van der Waals surface area (Å²) in [4.78, 5) is 11.8. The lowest BCUT2D eigenvalue weighted by molar-refractivity contribution is 0.252. The summed E-state index contributed by atoms with van der Waals surface area (Å²) in [5.74, 6) is 0. The van der Waals surface area contributed by atoms with Gasteiger partial charge in [-0.1, -0.05) is 49.4 Å². The van der Waals surface area contributed by atoms with Crippen LogP contribution in [-0.4, -0.2) is 12.6 Å². The number of carbonyl (C=O) groups excluding carboxylic acids is 1. The molecule has 2 aromatic rings. The molecular weight excluding hydrogens is 260 g/mol. The summed E-state index contributed by atoms with van der Waals surface area (Å²) < 4.78 is 0. The third-order valence-electron chi connectivity index (χ3n) is 3.39. The van der Waals surface area contributed by atoms with Crippen molar-refractivity contribution in [2.75, 3.05) is 11.9 Å². The van der Waals surface area contributed by atoms with Gasteiger partial charge in [-0.3, -0.25) is 0 Å². The van der Waals surface area contributed by atoms with Gasteiger partial charge in [-0.2, -0.15) is 0 Å². The molecule has 110 valence electrons. The van der Waals surface area contributed by atoms with Crippen molar-refractivity contribution in [3.63, 3.8) is 0 Å². The fourth-order valence-electron chi connectivity index (χ4n) is 2.14. The normalized spacial score (nSPS) is 10.1. The number of rotatable bonds is 6. The molecular formula is C18H22N2O. The van der Waals surface area contributed by atoms with Gasteiger partial charge in [0.1, 0.15) is 0 Å². The third kappa shape index (κ3) is 5.30. The molecule has 0 unspecified atom stereocenters. The molecule has 0 bridgehead atoms. The van der Waals surface area contributed by atoms with Crippen LogP contribution in [0, 0.1) is 0 Å². The Hall–Kier alpha value is -2.29. The predicted molar refractivity (Wildman–Crippen MR) is 87.6 cm³/mol. The van der Waals surface area contributed by atoms with Crippen molar-refractivity contribution in [3.8, 4) is 0 Å². The molecule has 0 saturated carbocycles. The summed E-state index contributed by atoms with van der Waals surface area (Å²) in [6.07, 6.45) is 2.92. The van der Waals surface area contributed by atoms with Crippen LogP contribution in [0.2, 0.25) is 0 Å². The molecule has 0 saturated heterocycles. The van der Waals surface area contributed by atoms with Crippen LogP contribution in [0.1, 0.15) is 24.5 Å². The molecule has 2 rings (SSSR count). The Bertz CT molecular complexity index is 549. The Morgan fingerprint density at radius 1 is 0.952 bits per heavy atom. The monoisotopic (exact) mass is 282 g/mol. The van der Waals surface area contributed by atoms with E-state index in [9.17, 15) is 4.79 Å². The van der Waals surface area contributed by atoms with Gasteiger partial charge in [-0.25, -0.2) is 4.79 Å². The Kier molecular flexibility index (Phi) is 5.83. The van der Waals surface area contributed by atoms with E-state index in [0.717, 1.165) is 24.9 Å². The summed E-state index contributed by atoms with van der Waals surface area (Å²) in [6, 6.07) is 18.1. The van der Waals surface area contributed by atoms with Gasteiger partial charge in [-0.05, 0) is 42.5 Å². The molecule has 2 aromatic carbocycles. The van der Waals surface area contributed by atoms with E-state index in [-0.39, 0.29) is 6.03 Å². The second-order valence-electron chi connectivity index (χ2n) is 5.02. The molecule has 2 N–H and O–H groups in total. The molecule has 0 radical (unpaired) electrons. The zero-order valence-corrected chi connectivity index (χ0v) is 12.4. The Morgan fingerprint density at radius 2 is 1.67 bits per heavy atom. The number of anilines is 1. The Balaban J connectivity index is 1.67. The maximum absolute atomic E-state index is 11.8. The molecule has 3 heteroatoms. The lowest BCUT2D eigenvalue weighted by Crippen LogP contribution is -2.29. The fraction of sp³-hybridized carbons (Fsp3) is 0.278. The smallest absolute Gasteiger partial charge is 0.319 e. The molecule has 0 atom stereocenters. The molecule has 0 aromatic heterocycles. The minimum atomic E-state index is -0.146. The van der Waals surface area contributed by atoms with Crippen LogP contribution in [0.15, 0.2) is 54.6 Å². The largest absolute Gasteiger partial charge is 0.338 e. The van der Waals surface area contributed by atoms with Crippen molar-refractivity contribution in [2.24, 2.45) is 0 Å². The van der Waals surface area contributed by atoms with E-state index in [1.54, 1.807) is 0 Å². The molecule has 0 aliphatic heterocycles. The van der Waals surface area contributed by atoms with E-state index in [1.807, 2.05) is 42.5 Å². The van der Waals surface area contributed by atoms with E-state index in [1.165, 1.54) is 11.1 Å². The van der Waals surface area contributed by atoms with E-state index in [4.69, 9.17) is 0 Å². The molecule has 0 aliphatic carbocycles. The van der Waals surface area contributed by atoms with Crippen LogP contribution in [0.25, 0.3) is 0 Å². The predicted octanol–water partition coefficient (Wildman–Crippen LogP) is 4.00. The van der Waals surface area contributed by atoms with Crippen molar-refractivity contribution >= 4 is 11.7 Å². The highest BCUT2D eigenvalue weighted by Crippen LogP contribution is 2.09. The van der Waals surface area contributed by atoms with E-state index in [2.05, 4.69) is 29.7 Å². The van der Waals surface area contributed by atoms with Crippen molar-refractivity contribution < 1.29 is 4.79 Å². The molecule has 0 fully saturated rings. The van der Waals surface area contributed by atoms with Gasteiger partial charge in [0.25, 0.3) is 0 Å². The van der Waals surface area contributed by atoms with Gasteiger partial charge in [-0.15, -0.1) is 0 Å². The Morgan fingerprint density at radius 3 is 2.33 bits per heavy atom. The van der Waals surface area contributed by atoms with Crippen LogP contribution in [0.3, 0.4) is 0 Å². The summed E-state index contributed by atoms with van der Waals surface area (Å²) in [5.41, 5.74) is 3.39. The van der Waals surface area contributed by atoms with Crippen molar-refractivity contribution in [2.45, 2.75) is 26.2 Å². The first-order valence-corrected chi connectivity index (χ1v) is 7.45. The molecule has 0 aliphatic rings. The molecule has 0 spiro atoms. The maximum Gasteiger partial charge on any atom is 0.319 e. The maximum atomic E-state index is 11.8. The molecule has 0 heterocycles. The van der Waals surface area contributed by atoms with Crippen LogP contribution in [0.5, 0.6) is 0 Å². The minimum Gasteiger partial charge on any atom is -0.338 e.